The highest BCUT2D eigenvalue weighted by Gasteiger charge is 2.39. The first-order valence-corrected chi connectivity index (χ1v) is 8.20. The van der Waals surface area contributed by atoms with E-state index in [0.29, 0.717) is 10.7 Å². The average molecular weight is 350 g/mol. The highest BCUT2D eigenvalue weighted by atomic mass is 32.2. The SMILES string of the molecule is COc1ccccc1/C=C1\SC(=S)N([C@H](C(=O)[O-])C(C)C)C1=O. The quantitative estimate of drug-likeness (QED) is 0.594. The standard InChI is InChI=1S/C16H17NO4S2/c1-9(2)13(15(19)20)17-14(18)12(23-16(17)22)8-10-6-4-5-7-11(10)21-3/h4-9,13H,1-3H3,(H,19,20)/p-1/b12-8-/t13-/m0/s1. The minimum Gasteiger partial charge on any atom is -0.548 e. The molecule has 0 aliphatic carbocycles. The van der Waals surface area contributed by atoms with Gasteiger partial charge in [0.1, 0.15) is 10.1 Å². The van der Waals surface area contributed by atoms with Gasteiger partial charge in [0.15, 0.2) is 0 Å². The number of hydrogen-bond donors (Lipinski definition) is 0. The lowest BCUT2D eigenvalue weighted by atomic mass is 10.0. The molecule has 2 rings (SSSR count). The first kappa shape index (κ1) is 17.5. The number of nitrogens with zero attached hydrogens (tertiary/aromatic N) is 1. The molecule has 23 heavy (non-hydrogen) atoms. The summed E-state index contributed by atoms with van der Waals surface area (Å²) in [5.74, 6) is -1.42. The van der Waals surface area contributed by atoms with Crippen molar-refractivity contribution in [3.8, 4) is 5.75 Å². The second-order valence-electron chi connectivity index (χ2n) is 5.30. The Balaban J connectivity index is 2.38. The van der Waals surface area contributed by atoms with Crippen molar-refractivity contribution in [1.29, 1.82) is 0 Å². The smallest absolute Gasteiger partial charge is 0.266 e. The Morgan fingerprint density at radius 1 is 1.39 bits per heavy atom. The van der Waals surface area contributed by atoms with Gasteiger partial charge in [-0.2, -0.15) is 0 Å². The molecular weight excluding hydrogens is 334 g/mol. The zero-order valence-electron chi connectivity index (χ0n) is 12.9. The van der Waals surface area contributed by atoms with Crippen LogP contribution in [0.15, 0.2) is 29.2 Å². The summed E-state index contributed by atoms with van der Waals surface area (Å²) < 4.78 is 5.47. The predicted octanol–water partition coefficient (Wildman–Crippen LogP) is 1.67. The molecule has 0 aromatic heterocycles. The minimum atomic E-state index is -1.31. The van der Waals surface area contributed by atoms with Gasteiger partial charge in [-0.15, -0.1) is 0 Å². The highest BCUT2D eigenvalue weighted by molar-refractivity contribution is 8.26. The van der Waals surface area contributed by atoms with Crippen LogP contribution in [0.5, 0.6) is 5.75 Å². The number of carbonyl (C=O) groups excluding carboxylic acids is 2. The maximum absolute atomic E-state index is 12.6. The molecule has 1 aliphatic heterocycles. The van der Waals surface area contributed by atoms with Gasteiger partial charge in [-0.3, -0.25) is 9.69 Å². The summed E-state index contributed by atoms with van der Waals surface area (Å²) in [6, 6.07) is 6.17. The van der Waals surface area contributed by atoms with E-state index in [0.717, 1.165) is 22.2 Å². The fourth-order valence-corrected chi connectivity index (χ4v) is 3.64. The third-order valence-electron chi connectivity index (χ3n) is 3.40. The van der Waals surface area contributed by atoms with Gasteiger partial charge in [0.05, 0.1) is 24.0 Å². The minimum absolute atomic E-state index is 0.221. The van der Waals surface area contributed by atoms with Crippen LogP contribution in [0.3, 0.4) is 0 Å². The number of aliphatic carboxylic acids is 1. The van der Waals surface area contributed by atoms with Crippen LogP contribution >= 0.6 is 24.0 Å². The lowest BCUT2D eigenvalue weighted by Crippen LogP contribution is -2.52. The molecule has 1 heterocycles. The fraction of sp³-hybridized carbons (Fsp3) is 0.312. The van der Waals surface area contributed by atoms with E-state index in [-0.39, 0.29) is 10.2 Å². The molecule has 0 unspecified atom stereocenters. The van der Waals surface area contributed by atoms with E-state index in [1.807, 2.05) is 18.2 Å². The summed E-state index contributed by atoms with van der Waals surface area (Å²) in [6.45, 7) is 3.42. The van der Waals surface area contributed by atoms with E-state index >= 15 is 0 Å². The maximum Gasteiger partial charge on any atom is 0.266 e. The molecule has 1 atom stereocenters. The number of thioether (sulfide) groups is 1. The summed E-state index contributed by atoms with van der Waals surface area (Å²) in [5, 5.41) is 11.4. The van der Waals surface area contributed by atoms with E-state index < -0.39 is 17.9 Å². The second-order valence-corrected chi connectivity index (χ2v) is 6.98. The van der Waals surface area contributed by atoms with Gasteiger partial charge in [-0.25, -0.2) is 0 Å². The van der Waals surface area contributed by atoms with Crippen LogP contribution in [0.4, 0.5) is 0 Å². The molecule has 1 saturated heterocycles. The van der Waals surface area contributed by atoms with Crippen molar-refractivity contribution in [1.82, 2.24) is 4.90 Å². The molecular formula is C16H16NO4S2-. The number of benzene rings is 1. The summed E-state index contributed by atoms with van der Waals surface area (Å²) in [4.78, 5) is 25.5. The maximum atomic E-state index is 12.6. The fourth-order valence-electron chi connectivity index (χ4n) is 2.32. The molecule has 1 aromatic carbocycles. The topological polar surface area (TPSA) is 69.7 Å². The molecule has 1 aromatic rings. The number of carboxylic acid groups (broad SMARTS) is 1. The number of hydrogen-bond acceptors (Lipinski definition) is 6. The first-order chi connectivity index (χ1) is 10.9. The van der Waals surface area contributed by atoms with Gasteiger partial charge in [0.2, 0.25) is 0 Å². The van der Waals surface area contributed by atoms with E-state index in [4.69, 9.17) is 17.0 Å². The molecule has 0 N–H and O–H groups in total. The molecule has 0 spiro atoms. The average Bonchev–Trinajstić information content (AvgIpc) is 2.75. The largest absolute Gasteiger partial charge is 0.548 e. The van der Waals surface area contributed by atoms with E-state index in [2.05, 4.69) is 0 Å². The van der Waals surface area contributed by atoms with Gasteiger partial charge < -0.3 is 14.6 Å². The van der Waals surface area contributed by atoms with Crippen LogP contribution in [-0.4, -0.2) is 34.2 Å². The van der Waals surface area contributed by atoms with Crippen LogP contribution in [0, 0.1) is 5.92 Å². The van der Waals surface area contributed by atoms with E-state index in [1.54, 1.807) is 33.1 Å². The molecule has 7 heteroatoms. The summed E-state index contributed by atoms with van der Waals surface area (Å²) in [5.41, 5.74) is 0.727. The Bertz CT molecular complexity index is 684. The first-order valence-electron chi connectivity index (χ1n) is 6.97. The zero-order valence-corrected chi connectivity index (χ0v) is 14.6. The van der Waals surface area contributed by atoms with Crippen LogP contribution in [0.2, 0.25) is 0 Å². The summed E-state index contributed by atoms with van der Waals surface area (Å²) in [7, 11) is 1.54. The van der Waals surface area contributed by atoms with Crippen molar-refractivity contribution in [3.05, 3.63) is 34.7 Å². The molecule has 0 bridgehead atoms. The number of para-hydroxylation sites is 1. The molecule has 1 aliphatic rings. The number of rotatable bonds is 5. The Morgan fingerprint density at radius 2 is 2.04 bits per heavy atom. The highest BCUT2D eigenvalue weighted by Crippen LogP contribution is 2.36. The van der Waals surface area contributed by atoms with Crippen LogP contribution in [0.1, 0.15) is 19.4 Å². The van der Waals surface area contributed by atoms with Gasteiger partial charge in [-0.1, -0.05) is 56.0 Å². The number of ether oxygens (including phenoxy) is 1. The lowest BCUT2D eigenvalue weighted by molar-refractivity contribution is -0.311. The normalized spacial score (nSPS) is 17.9. The van der Waals surface area contributed by atoms with E-state index in [1.165, 1.54) is 0 Å². The predicted molar refractivity (Wildman–Crippen MR) is 91.6 cm³/mol. The monoisotopic (exact) mass is 350 g/mol. The van der Waals surface area contributed by atoms with Gasteiger partial charge >= 0.3 is 0 Å². The van der Waals surface area contributed by atoms with Crippen LogP contribution in [-0.2, 0) is 9.59 Å². The number of amides is 1. The Labute approximate surface area is 144 Å². The Kier molecular flexibility index (Phi) is 5.43. The van der Waals surface area contributed by atoms with E-state index in [9.17, 15) is 14.7 Å². The summed E-state index contributed by atoms with van der Waals surface area (Å²) >= 11 is 6.27. The zero-order chi connectivity index (χ0) is 17.1. The number of carbonyl (C=O) groups is 2. The van der Waals surface area contributed by atoms with Gasteiger partial charge in [0, 0.05) is 5.56 Å². The number of thiocarbonyl (C=S) groups is 1. The molecule has 122 valence electrons. The van der Waals surface area contributed by atoms with Gasteiger partial charge in [-0.05, 0) is 18.1 Å². The third kappa shape index (κ3) is 3.56. The third-order valence-corrected chi connectivity index (χ3v) is 4.73. The van der Waals surface area contributed by atoms with Crippen molar-refractivity contribution in [2.75, 3.05) is 7.11 Å². The molecule has 0 saturated carbocycles. The van der Waals surface area contributed by atoms with Gasteiger partial charge in [0.25, 0.3) is 5.91 Å². The molecule has 5 nitrogen and oxygen atoms in total. The van der Waals surface area contributed by atoms with Crippen molar-refractivity contribution in [3.63, 3.8) is 0 Å². The van der Waals surface area contributed by atoms with Crippen molar-refractivity contribution >= 4 is 46.3 Å². The lowest BCUT2D eigenvalue weighted by Gasteiger charge is -2.30. The molecule has 0 radical (unpaired) electrons. The van der Waals surface area contributed by atoms with Crippen LogP contribution in [0.25, 0.3) is 6.08 Å². The van der Waals surface area contributed by atoms with Crippen molar-refractivity contribution in [2.45, 2.75) is 19.9 Å². The molecule has 1 fully saturated rings. The molecule has 1 amide bonds. The van der Waals surface area contributed by atoms with Crippen molar-refractivity contribution < 1.29 is 19.4 Å². The summed E-state index contributed by atoms with van der Waals surface area (Å²) in [6.07, 6.45) is 1.66. The number of methoxy groups -OCH3 is 1. The number of carboxylic acids is 1. The van der Waals surface area contributed by atoms with Crippen LogP contribution < -0.4 is 9.84 Å². The Morgan fingerprint density at radius 3 is 2.61 bits per heavy atom. The second kappa shape index (κ2) is 7.14. The Hall–Kier alpha value is -1.86. The van der Waals surface area contributed by atoms with Crippen molar-refractivity contribution in [2.24, 2.45) is 5.92 Å².